The fourth-order valence-corrected chi connectivity index (χ4v) is 2.64. The Balaban J connectivity index is 1.41. The van der Waals surface area contributed by atoms with Crippen LogP contribution in [0, 0.1) is 5.92 Å². The van der Waals surface area contributed by atoms with E-state index in [2.05, 4.69) is 25.0 Å². The average molecular weight is 302 g/mol. The molecular formula is C14H18N6O2. The van der Waals surface area contributed by atoms with Crippen molar-refractivity contribution in [2.75, 3.05) is 13.2 Å². The summed E-state index contributed by atoms with van der Waals surface area (Å²) in [5.41, 5.74) is 0.501. The number of H-pyrrole nitrogens is 1. The van der Waals surface area contributed by atoms with Gasteiger partial charge in [0.15, 0.2) is 11.6 Å². The lowest BCUT2D eigenvalue weighted by molar-refractivity contribution is 0.0692. The Labute approximate surface area is 127 Å². The maximum absolute atomic E-state index is 12.3. The van der Waals surface area contributed by atoms with E-state index in [9.17, 15) is 4.79 Å². The zero-order chi connectivity index (χ0) is 14.9. The normalized spacial score (nSPS) is 17.5. The number of amides is 1. The summed E-state index contributed by atoms with van der Waals surface area (Å²) in [4.78, 5) is 14.1. The van der Waals surface area contributed by atoms with Gasteiger partial charge in [0.2, 0.25) is 0 Å². The summed E-state index contributed by atoms with van der Waals surface area (Å²) in [5, 5.41) is 14.9. The average Bonchev–Trinajstić information content (AvgIpc) is 3.05. The predicted octanol–water partition coefficient (Wildman–Crippen LogP) is 0.584. The number of hydrogen-bond donors (Lipinski definition) is 1. The molecule has 0 saturated heterocycles. The maximum atomic E-state index is 12.3. The minimum atomic E-state index is -0.0571. The van der Waals surface area contributed by atoms with Crippen molar-refractivity contribution >= 4 is 5.91 Å². The van der Waals surface area contributed by atoms with Crippen molar-refractivity contribution in [1.29, 1.82) is 0 Å². The summed E-state index contributed by atoms with van der Waals surface area (Å²) in [6, 6.07) is 1.68. The molecule has 0 bridgehead atoms. The van der Waals surface area contributed by atoms with Gasteiger partial charge in [0.1, 0.15) is 12.3 Å². The first-order valence-corrected chi connectivity index (χ1v) is 7.58. The summed E-state index contributed by atoms with van der Waals surface area (Å²) >= 11 is 0. The van der Waals surface area contributed by atoms with Crippen LogP contribution in [-0.4, -0.2) is 48.9 Å². The number of aromatic amines is 1. The molecule has 2 aromatic rings. The Morgan fingerprint density at radius 2 is 2.27 bits per heavy atom. The second-order valence-electron chi connectivity index (χ2n) is 5.84. The van der Waals surface area contributed by atoms with E-state index in [0.717, 1.165) is 24.2 Å². The summed E-state index contributed by atoms with van der Waals surface area (Å²) in [5.74, 6) is 2.35. The van der Waals surface area contributed by atoms with Crippen LogP contribution in [0.3, 0.4) is 0 Å². The van der Waals surface area contributed by atoms with Crippen molar-refractivity contribution in [1.82, 2.24) is 29.9 Å². The van der Waals surface area contributed by atoms with Crippen LogP contribution in [-0.2, 0) is 24.4 Å². The fourth-order valence-electron chi connectivity index (χ4n) is 2.64. The molecule has 0 spiro atoms. The van der Waals surface area contributed by atoms with Crippen LogP contribution in [0.5, 0.6) is 0 Å². The van der Waals surface area contributed by atoms with Gasteiger partial charge in [0.25, 0.3) is 5.91 Å². The van der Waals surface area contributed by atoms with Gasteiger partial charge in [0, 0.05) is 25.9 Å². The highest BCUT2D eigenvalue weighted by Gasteiger charge is 2.26. The molecule has 2 aromatic heterocycles. The Morgan fingerprint density at radius 3 is 3.05 bits per heavy atom. The molecule has 1 aliphatic carbocycles. The molecule has 0 aromatic carbocycles. The van der Waals surface area contributed by atoms with Crippen molar-refractivity contribution in [2.24, 2.45) is 5.92 Å². The molecule has 2 aliphatic rings. The molecule has 22 heavy (non-hydrogen) atoms. The minimum absolute atomic E-state index is 0.0571. The highest BCUT2D eigenvalue weighted by Crippen LogP contribution is 2.29. The van der Waals surface area contributed by atoms with Crippen LogP contribution in [0.1, 0.15) is 35.0 Å². The zero-order valence-electron chi connectivity index (χ0n) is 12.2. The monoisotopic (exact) mass is 302 g/mol. The molecule has 1 saturated carbocycles. The molecule has 116 valence electrons. The third kappa shape index (κ3) is 2.61. The van der Waals surface area contributed by atoms with Gasteiger partial charge in [0.05, 0.1) is 6.54 Å². The van der Waals surface area contributed by atoms with Crippen LogP contribution >= 0.6 is 0 Å². The number of nitrogens with one attached hydrogen (secondary N) is 1. The van der Waals surface area contributed by atoms with E-state index in [1.54, 1.807) is 17.2 Å². The van der Waals surface area contributed by atoms with Crippen LogP contribution < -0.4 is 0 Å². The largest absolute Gasteiger partial charge is 0.373 e. The lowest BCUT2D eigenvalue weighted by Crippen LogP contribution is -2.39. The molecule has 8 heteroatoms. The number of carbonyl (C=O) groups is 1. The number of rotatable bonds is 5. The molecule has 0 atom stereocenters. The highest BCUT2D eigenvalue weighted by atomic mass is 16.5. The highest BCUT2D eigenvalue weighted by molar-refractivity contribution is 5.92. The van der Waals surface area contributed by atoms with Gasteiger partial charge in [-0.2, -0.15) is 5.10 Å². The molecule has 0 unspecified atom stereocenters. The van der Waals surface area contributed by atoms with Gasteiger partial charge in [-0.15, -0.1) is 10.2 Å². The third-order valence-electron chi connectivity index (χ3n) is 4.13. The predicted molar refractivity (Wildman–Crippen MR) is 75.7 cm³/mol. The SMILES string of the molecule is O=C(c1ccn[nH]1)N1CCn2c(COCC3CC3)nnc2C1. The van der Waals surface area contributed by atoms with Crippen LogP contribution in [0.15, 0.2) is 12.3 Å². The van der Waals surface area contributed by atoms with Crippen LogP contribution in [0.4, 0.5) is 0 Å². The van der Waals surface area contributed by atoms with E-state index >= 15 is 0 Å². The van der Waals surface area contributed by atoms with Gasteiger partial charge in [-0.25, -0.2) is 0 Å². The maximum Gasteiger partial charge on any atom is 0.272 e. The van der Waals surface area contributed by atoms with E-state index in [1.165, 1.54) is 12.8 Å². The number of nitrogens with zero attached hydrogens (tertiary/aromatic N) is 5. The van der Waals surface area contributed by atoms with Crippen molar-refractivity contribution in [2.45, 2.75) is 32.5 Å². The number of ether oxygens (including phenoxy) is 1. The topological polar surface area (TPSA) is 88.9 Å². The van der Waals surface area contributed by atoms with E-state index < -0.39 is 0 Å². The lowest BCUT2D eigenvalue weighted by atomic mass is 10.3. The van der Waals surface area contributed by atoms with Gasteiger partial charge in [-0.3, -0.25) is 9.89 Å². The molecule has 4 rings (SSSR count). The Bertz CT molecular complexity index is 661. The van der Waals surface area contributed by atoms with Crippen molar-refractivity contribution in [3.8, 4) is 0 Å². The molecule has 8 nitrogen and oxygen atoms in total. The minimum Gasteiger partial charge on any atom is -0.373 e. The van der Waals surface area contributed by atoms with Gasteiger partial charge >= 0.3 is 0 Å². The second kappa shape index (κ2) is 5.53. The van der Waals surface area contributed by atoms with Gasteiger partial charge in [-0.05, 0) is 24.8 Å². The van der Waals surface area contributed by atoms with Crippen molar-refractivity contribution < 1.29 is 9.53 Å². The molecule has 0 radical (unpaired) electrons. The molecule has 1 amide bonds. The number of carbonyl (C=O) groups excluding carboxylic acids is 1. The van der Waals surface area contributed by atoms with Crippen LogP contribution in [0.25, 0.3) is 0 Å². The summed E-state index contributed by atoms with van der Waals surface area (Å²) in [6.45, 7) is 3.11. The number of fused-ring (bicyclic) bond motifs is 1. The smallest absolute Gasteiger partial charge is 0.272 e. The number of aromatic nitrogens is 5. The Kier molecular flexibility index (Phi) is 3.38. The van der Waals surface area contributed by atoms with E-state index in [1.807, 2.05) is 0 Å². The molecule has 3 heterocycles. The molecule has 1 N–H and O–H groups in total. The first-order valence-electron chi connectivity index (χ1n) is 7.58. The van der Waals surface area contributed by atoms with E-state index in [4.69, 9.17) is 4.74 Å². The first-order chi connectivity index (χ1) is 10.8. The van der Waals surface area contributed by atoms with Gasteiger partial charge in [-0.1, -0.05) is 0 Å². The lowest BCUT2D eigenvalue weighted by Gasteiger charge is -2.27. The Hall–Kier alpha value is -2.22. The zero-order valence-corrected chi connectivity index (χ0v) is 12.2. The molecule has 1 fully saturated rings. The number of hydrogen-bond acceptors (Lipinski definition) is 5. The molecular weight excluding hydrogens is 284 g/mol. The summed E-state index contributed by atoms with van der Waals surface area (Å²) in [7, 11) is 0. The van der Waals surface area contributed by atoms with E-state index in [0.29, 0.717) is 31.9 Å². The standard InChI is InChI=1S/C14H18N6O2/c21-14(11-3-4-15-16-11)19-5-6-20-12(7-19)17-18-13(20)9-22-8-10-1-2-10/h3-4,10H,1-2,5-9H2,(H,15,16). The van der Waals surface area contributed by atoms with E-state index in [-0.39, 0.29) is 5.91 Å². The van der Waals surface area contributed by atoms with Gasteiger partial charge < -0.3 is 14.2 Å². The first kappa shape index (κ1) is 13.4. The summed E-state index contributed by atoms with van der Waals surface area (Å²) < 4.78 is 7.74. The third-order valence-corrected chi connectivity index (χ3v) is 4.13. The fraction of sp³-hybridized carbons (Fsp3) is 0.571. The van der Waals surface area contributed by atoms with Crippen molar-refractivity contribution in [3.63, 3.8) is 0 Å². The van der Waals surface area contributed by atoms with Crippen molar-refractivity contribution in [3.05, 3.63) is 29.6 Å². The van der Waals surface area contributed by atoms with Crippen LogP contribution in [0.2, 0.25) is 0 Å². The summed E-state index contributed by atoms with van der Waals surface area (Å²) in [6.07, 6.45) is 4.14. The molecule has 1 aliphatic heterocycles. The quantitative estimate of drug-likeness (QED) is 0.873. The Morgan fingerprint density at radius 1 is 1.36 bits per heavy atom. The second-order valence-corrected chi connectivity index (χ2v) is 5.84.